The van der Waals surface area contributed by atoms with Crippen LogP contribution in [0, 0.1) is 0 Å². The number of hydrogen-bond acceptors (Lipinski definition) is 4. The molecule has 198 valence electrons. The van der Waals surface area contributed by atoms with E-state index in [9.17, 15) is 13.2 Å². The van der Waals surface area contributed by atoms with Crippen LogP contribution in [0.1, 0.15) is 76.7 Å². The molecule has 0 unspecified atom stereocenters. The number of aryl methyl sites for hydroxylation is 1. The molecule has 0 saturated carbocycles. The molecule has 0 aliphatic heterocycles. The topological polar surface area (TPSA) is 84.6 Å². The van der Waals surface area contributed by atoms with Crippen molar-refractivity contribution in [1.29, 1.82) is 0 Å². The molecule has 1 aromatic heterocycles. The molecule has 0 spiro atoms. The van der Waals surface area contributed by atoms with Crippen LogP contribution in [-0.2, 0) is 16.5 Å². The van der Waals surface area contributed by atoms with Crippen molar-refractivity contribution in [2.45, 2.75) is 82.4 Å². The predicted molar refractivity (Wildman–Crippen MR) is 152 cm³/mol. The summed E-state index contributed by atoms with van der Waals surface area (Å²) >= 11 is 0. The Labute approximate surface area is 220 Å². The molecule has 6 heteroatoms. The van der Waals surface area contributed by atoms with Crippen molar-refractivity contribution in [2.75, 3.05) is 0 Å². The Morgan fingerprint density at radius 1 is 0.649 bits per heavy atom. The highest BCUT2D eigenvalue weighted by atomic mass is 32.2. The minimum absolute atomic E-state index is 0.0284. The van der Waals surface area contributed by atoms with Gasteiger partial charge >= 0.3 is 0 Å². The lowest BCUT2D eigenvalue weighted by molar-refractivity contribution is 0.483. The molecule has 0 fully saturated rings. The first-order valence-corrected chi connectivity index (χ1v) is 14.8. The second-order valence-corrected chi connectivity index (χ2v) is 10.9. The van der Waals surface area contributed by atoms with Crippen molar-refractivity contribution in [3.63, 3.8) is 0 Å². The maximum absolute atomic E-state index is 12.0. The molecule has 0 saturated heterocycles. The summed E-state index contributed by atoms with van der Waals surface area (Å²) in [5.74, 6) is 0. The first-order chi connectivity index (χ1) is 17.9. The van der Waals surface area contributed by atoms with Gasteiger partial charge in [0.1, 0.15) is 11.2 Å². The highest BCUT2D eigenvalue weighted by molar-refractivity contribution is 7.85. The maximum Gasteiger partial charge on any atom is 0.294 e. The molecule has 0 aliphatic rings. The lowest BCUT2D eigenvalue weighted by Crippen LogP contribution is -2.01. The average molecular weight is 523 g/mol. The van der Waals surface area contributed by atoms with Crippen LogP contribution in [-0.4, -0.2) is 13.0 Å². The van der Waals surface area contributed by atoms with E-state index in [4.69, 9.17) is 8.97 Å². The van der Waals surface area contributed by atoms with Crippen molar-refractivity contribution in [3.8, 4) is 0 Å². The maximum atomic E-state index is 12.0. The number of benzene rings is 3. The Balaban J connectivity index is 0.000000218. The molecule has 1 N–H and O–H groups in total. The first kappa shape index (κ1) is 28.6. The second kappa shape index (κ2) is 14.7. The average Bonchev–Trinajstić information content (AvgIpc) is 2.90. The number of fused-ring (bicyclic) bond motifs is 2. The summed E-state index contributed by atoms with van der Waals surface area (Å²) < 4.78 is 36.4. The van der Waals surface area contributed by atoms with Gasteiger partial charge in [0, 0.05) is 0 Å². The van der Waals surface area contributed by atoms with Crippen LogP contribution in [0.15, 0.2) is 86.9 Å². The van der Waals surface area contributed by atoms with Crippen molar-refractivity contribution in [3.05, 3.63) is 88.6 Å². The van der Waals surface area contributed by atoms with Crippen molar-refractivity contribution >= 4 is 32.1 Å². The molecule has 0 aliphatic carbocycles. The minimum Gasteiger partial charge on any atom is -0.456 e. The Hall–Kier alpha value is -2.96. The van der Waals surface area contributed by atoms with E-state index in [0.29, 0.717) is 21.9 Å². The van der Waals surface area contributed by atoms with Gasteiger partial charge in [-0.05, 0) is 54.8 Å². The molecular formula is C31H38O5S. The van der Waals surface area contributed by atoms with Gasteiger partial charge in [-0.2, -0.15) is 8.42 Å². The third kappa shape index (κ3) is 9.13. The molecule has 5 nitrogen and oxygen atoms in total. The fourth-order valence-corrected chi connectivity index (χ4v) is 4.87. The zero-order chi connectivity index (χ0) is 26.5. The molecule has 1 heterocycles. The lowest BCUT2D eigenvalue weighted by atomic mass is 10.0. The van der Waals surface area contributed by atoms with E-state index in [-0.39, 0.29) is 10.3 Å². The zero-order valence-electron chi connectivity index (χ0n) is 21.7. The van der Waals surface area contributed by atoms with E-state index in [1.54, 1.807) is 24.3 Å². The SMILES string of the molecule is CCCCCCCCCCCCc1ccc(S(=O)(=O)O)cc1.O=c1c2ccccc2oc2ccccc12. The molecule has 0 bridgehead atoms. The number of rotatable bonds is 12. The second-order valence-electron chi connectivity index (χ2n) is 9.47. The van der Waals surface area contributed by atoms with Crippen LogP contribution < -0.4 is 5.43 Å². The fourth-order valence-electron chi connectivity index (χ4n) is 4.39. The summed E-state index contributed by atoms with van der Waals surface area (Å²) in [4.78, 5) is 12.0. The molecule has 0 amide bonds. The van der Waals surface area contributed by atoms with Gasteiger partial charge in [-0.1, -0.05) is 101 Å². The fraction of sp³-hybridized carbons (Fsp3) is 0.387. The summed E-state index contributed by atoms with van der Waals surface area (Å²) in [5, 5.41) is 1.27. The summed E-state index contributed by atoms with van der Waals surface area (Å²) in [7, 11) is -4.06. The third-order valence-electron chi connectivity index (χ3n) is 6.52. The number of unbranched alkanes of at least 4 members (excludes halogenated alkanes) is 9. The van der Waals surface area contributed by atoms with Crippen molar-refractivity contribution < 1.29 is 17.4 Å². The van der Waals surface area contributed by atoms with Crippen LogP contribution in [0.3, 0.4) is 0 Å². The van der Waals surface area contributed by atoms with Crippen molar-refractivity contribution in [2.24, 2.45) is 0 Å². The predicted octanol–water partition coefficient (Wildman–Crippen LogP) is 8.34. The highest BCUT2D eigenvalue weighted by Gasteiger charge is 2.08. The van der Waals surface area contributed by atoms with Crippen LogP contribution >= 0.6 is 0 Å². The zero-order valence-corrected chi connectivity index (χ0v) is 22.5. The Bertz CT molecular complexity index is 1350. The van der Waals surface area contributed by atoms with E-state index >= 15 is 0 Å². The smallest absolute Gasteiger partial charge is 0.294 e. The highest BCUT2D eigenvalue weighted by Crippen LogP contribution is 2.17. The van der Waals surface area contributed by atoms with E-state index in [1.165, 1.54) is 69.9 Å². The Morgan fingerprint density at radius 3 is 1.59 bits per heavy atom. The van der Waals surface area contributed by atoms with Crippen LogP contribution in [0.4, 0.5) is 0 Å². The van der Waals surface area contributed by atoms with Crippen LogP contribution in [0.2, 0.25) is 0 Å². The molecular weight excluding hydrogens is 484 g/mol. The molecule has 4 rings (SSSR count). The van der Waals surface area contributed by atoms with E-state index in [0.717, 1.165) is 18.4 Å². The van der Waals surface area contributed by atoms with Gasteiger partial charge in [-0.3, -0.25) is 9.35 Å². The minimum atomic E-state index is -4.06. The van der Waals surface area contributed by atoms with Crippen molar-refractivity contribution in [1.82, 2.24) is 0 Å². The first-order valence-electron chi connectivity index (χ1n) is 13.4. The van der Waals surface area contributed by atoms with Gasteiger partial charge in [0.25, 0.3) is 10.1 Å². The molecule has 0 radical (unpaired) electrons. The van der Waals surface area contributed by atoms with E-state index in [2.05, 4.69) is 6.92 Å². The third-order valence-corrected chi connectivity index (χ3v) is 7.39. The lowest BCUT2D eigenvalue weighted by Gasteiger charge is -2.04. The summed E-state index contributed by atoms with van der Waals surface area (Å²) in [5.41, 5.74) is 2.45. The Kier molecular flexibility index (Phi) is 11.4. The summed E-state index contributed by atoms with van der Waals surface area (Å²) in [6.07, 6.45) is 14.1. The molecule has 37 heavy (non-hydrogen) atoms. The summed E-state index contributed by atoms with van der Waals surface area (Å²) in [6.45, 7) is 2.25. The number of para-hydroxylation sites is 2. The van der Waals surface area contributed by atoms with Gasteiger partial charge in [-0.15, -0.1) is 0 Å². The largest absolute Gasteiger partial charge is 0.456 e. The van der Waals surface area contributed by atoms with Gasteiger partial charge < -0.3 is 4.42 Å². The monoisotopic (exact) mass is 522 g/mol. The van der Waals surface area contributed by atoms with Crippen LogP contribution in [0.5, 0.6) is 0 Å². The standard InChI is InChI=1S/C18H30O3S.C13H8O2/c1-2-3-4-5-6-7-8-9-10-11-12-17-13-15-18(16-14-17)22(19,20)21;14-13-9-5-1-3-7-11(9)15-12-8-4-2-6-10(12)13/h13-16H,2-12H2,1H3,(H,19,20,21);1-8H. The quantitative estimate of drug-likeness (QED) is 0.115. The molecule has 0 atom stereocenters. The van der Waals surface area contributed by atoms with Gasteiger partial charge in [0.2, 0.25) is 5.43 Å². The van der Waals surface area contributed by atoms with Gasteiger partial charge in [0.15, 0.2) is 0 Å². The molecule has 4 aromatic rings. The number of hydrogen-bond donors (Lipinski definition) is 1. The Morgan fingerprint density at radius 2 is 1.11 bits per heavy atom. The van der Waals surface area contributed by atoms with Crippen LogP contribution in [0.25, 0.3) is 21.9 Å². The van der Waals surface area contributed by atoms with E-state index in [1.807, 2.05) is 36.4 Å². The normalized spacial score (nSPS) is 11.4. The summed E-state index contributed by atoms with van der Waals surface area (Å²) in [6, 6.07) is 21.1. The molecule has 3 aromatic carbocycles. The van der Waals surface area contributed by atoms with E-state index < -0.39 is 10.1 Å². The van der Waals surface area contributed by atoms with Gasteiger partial charge in [-0.25, -0.2) is 0 Å². The van der Waals surface area contributed by atoms with Gasteiger partial charge in [0.05, 0.1) is 15.7 Å².